The third kappa shape index (κ3) is 4.64. The van der Waals surface area contributed by atoms with Crippen molar-refractivity contribution in [2.24, 2.45) is 9.98 Å². The lowest BCUT2D eigenvalue weighted by molar-refractivity contribution is 0.669. The van der Waals surface area contributed by atoms with Crippen LogP contribution in [-0.2, 0) is 0 Å². The highest BCUT2D eigenvalue weighted by Gasteiger charge is 2.14. The van der Waals surface area contributed by atoms with E-state index < -0.39 is 0 Å². The molecule has 0 saturated heterocycles. The standard InChI is InChI=1S/C41H28N2O2/c1-26(27-11-7-12-28(23-27)31-17-9-19-35-33-15-3-5-21-37(33)44-39(31)35)25-43-41(42-2)30-14-8-13-29(24-30)32-18-10-20-36-34-16-4-6-22-38(34)45-40(32)36/h3-25H,2H2,1H3/b26-25+,43-41-. The number of hydrogen-bond donors (Lipinski definition) is 0. The third-order valence-corrected chi connectivity index (χ3v) is 8.40. The van der Waals surface area contributed by atoms with Gasteiger partial charge in [0.2, 0.25) is 0 Å². The maximum absolute atomic E-state index is 6.30. The van der Waals surface area contributed by atoms with Crippen molar-refractivity contribution in [3.8, 4) is 22.3 Å². The molecule has 0 amide bonds. The Hall–Kier alpha value is -6.00. The van der Waals surface area contributed by atoms with Crippen LogP contribution in [0.1, 0.15) is 18.1 Å². The summed E-state index contributed by atoms with van der Waals surface area (Å²) in [5.41, 5.74) is 10.7. The van der Waals surface area contributed by atoms with Crippen LogP contribution in [0, 0.1) is 0 Å². The van der Waals surface area contributed by atoms with Gasteiger partial charge in [-0.2, -0.15) is 0 Å². The van der Waals surface area contributed by atoms with Crippen molar-refractivity contribution < 1.29 is 8.83 Å². The van der Waals surface area contributed by atoms with Gasteiger partial charge in [0.1, 0.15) is 22.3 Å². The van der Waals surface area contributed by atoms with Crippen LogP contribution in [0.2, 0.25) is 0 Å². The molecule has 4 nitrogen and oxygen atoms in total. The fraction of sp³-hybridized carbons (Fsp3) is 0.0244. The molecule has 45 heavy (non-hydrogen) atoms. The van der Waals surface area contributed by atoms with E-state index in [0.29, 0.717) is 5.84 Å². The summed E-state index contributed by atoms with van der Waals surface area (Å²) >= 11 is 0. The van der Waals surface area contributed by atoms with Crippen LogP contribution in [0.5, 0.6) is 0 Å². The Morgan fingerprint density at radius 2 is 1.04 bits per heavy atom. The van der Waals surface area contributed by atoms with Gasteiger partial charge in [-0.05, 0) is 60.2 Å². The maximum Gasteiger partial charge on any atom is 0.158 e. The van der Waals surface area contributed by atoms with Gasteiger partial charge in [0, 0.05) is 44.4 Å². The van der Waals surface area contributed by atoms with E-state index in [2.05, 4.69) is 104 Å². The quantitative estimate of drug-likeness (QED) is 0.150. The zero-order valence-electron chi connectivity index (χ0n) is 24.7. The van der Waals surface area contributed by atoms with E-state index in [1.54, 1.807) is 0 Å². The van der Waals surface area contributed by atoms with E-state index in [-0.39, 0.29) is 0 Å². The van der Waals surface area contributed by atoms with Gasteiger partial charge in [-0.1, -0.05) is 109 Å². The Labute approximate surface area is 260 Å². The molecule has 0 bridgehead atoms. The van der Waals surface area contributed by atoms with Crippen LogP contribution >= 0.6 is 0 Å². The lowest BCUT2D eigenvalue weighted by atomic mass is 9.98. The minimum atomic E-state index is 0.552. The lowest BCUT2D eigenvalue weighted by Gasteiger charge is -2.08. The average Bonchev–Trinajstić information content (AvgIpc) is 3.67. The van der Waals surface area contributed by atoms with E-state index in [1.165, 1.54) is 0 Å². The highest BCUT2D eigenvalue weighted by Crippen LogP contribution is 2.37. The Bertz CT molecular complexity index is 2470. The Kier molecular flexibility index (Phi) is 6.46. The third-order valence-electron chi connectivity index (χ3n) is 8.40. The first-order valence-electron chi connectivity index (χ1n) is 14.9. The van der Waals surface area contributed by atoms with E-state index in [4.69, 9.17) is 13.8 Å². The highest BCUT2D eigenvalue weighted by atomic mass is 16.3. The number of fused-ring (bicyclic) bond motifs is 6. The minimum absolute atomic E-state index is 0.552. The first kappa shape index (κ1) is 26.6. The van der Waals surface area contributed by atoms with Crippen LogP contribution in [0.15, 0.2) is 158 Å². The van der Waals surface area contributed by atoms with Gasteiger partial charge >= 0.3 is 0 Å². The second-order valence-corrected chi connectivity index (χ2v) is 11.1. The van der Waals surface area contributed by atoms with Crippen molar-refractivity contribution in [2.75, 3.05) is 0 Å². The molecule has 2 heterocycles. The SMILES string of the molecule is C=N/C(=N\C=C(/C)c1cccc(-c2cccc3c2oc2ccccc23)c1)c1cccc(-c2cccc3c2oc2ccccc23)c1. The molecule has 0 fully saturated rings. The summed E-state index contributed by atoms with van der Waals surface area (Å²) in [6.45, 7) is 5.89. The topological polar surface area (TPSA) is 51.0 Å². The Morgan fingerprint density at radius 1 is 0.556 bits per heavy atom. The molecule has 0 aliphatic carbocycles. The molecule has 0 saturated carbocycles. The highest BCUT2D eigenvalue weighted by molar-refractivity contribution is 6.11. The first-order valence-corrected chi connectivity index (χ1v) is 14.9. The number of rotatable bonds is 5. The number of hydrogen-bond acceptors (Lipinski definition) is 3. The van der Waals surface area contributed by atoms with Crippen LogP contribution in [0.25, 0.3) is 71.7 Å². The Morgan fingerprint density at radius 3 is 1.62 bits per heavy atom. The molecule has 0 N–H and O–H groups in total. The van der Waals surface area contributed by atoms with Crippen molar-refractivity contribution in [1.29, 1.82) is 0 Å². The van der Waals surface area contributed by atoms with Crippen LogP contribution < -0.4 is 0 Å². The Balaban J connectivity index is 1.13. The molecular formula is C41H28N2O2. The van der Waals surface area contributed by atoms with Crippen LogP contribution in [0.3, 0.4) is 0 Å². The van der Waals surface area contributed by atoms with Crippen molar-refractivity contribution in [3.05, 3.63) is 151 Å². The molecule has 0 aliphatic heterocycles. The summed E-state index contributed by atoms with van der Waals surface area (Å²) in [6.07, 6.45) is 1.86. The van der Waals surface area contributed by atoms with Gasteiger partial charge in [-0.3, -0.25) is 0 Å². The number of benzene rings is 6. The molecule has 0 atom stereocenters. The molecule has 214 valence electrons. The normalized spacial score (nSPS) is 12.5. The fourth-order valence-corrected chi connectivity index (χ4v) is 6.15. The van der Waals surface area contributed by atoms with Crippen molar-refractivity contribution in [2.45, 2.75) is 6.92 Å². The van der Waals surface area contributed by atoms with Gasteiger partial charge in [-0.25, -0.2) is 9.98 Å². The summed E-state index contributed by atoms with van der Waals surface area (Å²) in [6, 6.07) is 45.5. The summed E-state index contributed by atoms with van der Waals surface area (Å²) in [5.74, 6) is 0.552. The lowest BCUT2D eigenvalue weighted by Crippen LogP contribution is -1.96. The molecule has 2 aromatic heterocycles. The first-order chi connectivity index (χ1) is 22.2. The molecule has 0 spiro atoms. The molecule has 6 aromatic carbocycles. The van der Waals surface area contributed by atoms with Gasteiger partial charge in [-0.15, -0.1) is 0 Å². The monoisotopic (exact) mass is 580 g/mol. The summed E-state index contributed by atoms with van der Waals surface area (Å²) < 4.78 is 12.6. The van der Waals surface area contributed by atoms with Gasteiger partial charge in [0.05, 0.1) is 0 Å². The number of furan rings is 2. The van der Waals surface area contributed by atoms with Crippen LogP contribution in [-0.4, -0.2) is 12.6 Å². The second kappa shape index (κ2) is 10.9. The zero-order chi connectivity index (χ0) is 30.3. The van der Waals surface area contributed by atoms with Crippen molar-refractivity contribution in [1.82, 2.24) is 0 Å². The largest absolute Gasteiger partial charge is 0.455 e. The minimum Gasteiger partial charge on any atom is -0.455 e. The molecule has 8 rings (SSSR count). The smallest absolute Gasteiger partial charge is 0.158 e. The van der Waals surface area contributed by atoms with Crippen molar-refractivity contribution in [3.63, 3.8) is 0 Å². The van der Waals surface area contributed by atoms with Gasteiger partial charge in [0.15, 0.2) is 5.84 Å². The van der Waals surface area contributed by atoms with Gasteiger partial charge in [0.25, 0.3) is 0 Å². The zero-order valence-corrected chi connectivity index (χ0v) is 24.7. The maximum atomic E-state index is 6.30. The summed E-state index contributed by atoms with van der Waals surface area (Å²) in [4.78, 5) is 9.08. The van der Waals surface area contributed by atoms with E-state index in [0.717, 1.165) is 82.8 Å². The number of para-hydroxylation sites is 4. The number of nitrogens with zero attached hydrogens (tertiary/aromatic N) is 2. The van der Waals surface area contributed by atoms with Gasteiger partial charge < -0.3 is 8.83 Å². The predicted octanol–water partition coefficient (Wildman–Crippen LogP) is 11.3. The van der Waals surface area contributed by atoms with Crippen LogP contribution in [0.4, 0.5) is 0 Å². The molecule has 4 heteroatoms. The molecular weight excluding hydrogens is 552 g/mol. The number of allylic oxidation sites excluding steroid dienone is 1. The van der Waals surface area contributed by atoms with E-state index >= 15 is 0 Å². The summed E-state index contributed by atoms with van der Waals surface area (Å²) in [7, 11) is 0. The fourth-order valence-electron chi connectivity index (χ4n) is 6.15. The average molecular weight is 581 g/mol. The summed E-state index contributed by atoms with van der Waals surface area (Å²) in [5, 5.41) is 4.45. The molecule has 8 aromatic rings. The predicted molar refractivity (Wildman–Crippen MR) is 188 cm³/mol. The molecule has 0 aliphatic rings. The van der Waals surface area contributed by atoms with E-state index in [1.807, 2.05) is 54.7 Å². The molecule has 0 radical (unpaired) electrons. The second-order valence-electron chi connectivity index (χ2n) is 11.1. The number of aliphatic imine (C=N–C) groups is 2. The van der Waals surface area contributed by atoms with E-state index in [9.17, 15) is 0 Å². The van der Waals surface area contributed by atoms with Crippen molar-refractivity contribution >= 4 is 62.0 Å². The molecule has 0 unspecified atom stereocenters. The number of amidine groups is 1.